The molecular formula is C23H24F2N4O3S. The summed E-state index contributed by atoms with van der Waals surface area (Å²) in [6.45, 7) is 7.83. The number of carbonyl (C=O) groups excluding carboxylic acids is 2. The van der Waals surface area contributed by atoms with Crippen LogP contribution in [0.15, 0.2) is 30.6 Å². The number of imidazole rings is 1. The minimum absolute atomic E-state index is 0.166. The van der Waals surface area contributed by atoms with Gasteiger partial charge in [0.25, 0.3) is 5.91 Å². The lowest BCUT2D eigenvalue weighted by Crippen LogP contribution is -2.39. The normalized spacial score (nSPS) is 14.4. The fraction of sp³-hybridized carbons (Fsp3) is 0.348. The largest absolute Gasteiger partial charge is 0.444 e. The minimum atomic E-state index is -0.590. The van der Waals surface area contributed by atoms with E-state index in [4.69, 9.17) is 4.74 Å². The fourth-order valence-electron chi connectivity index (χ4n) is 3.51. The number of halogens is 2. The molecule has 33 heavy (non-hydrogen) atoms. The van der Waals surface area contributed by atoms with Gasteiger partial charge >= 0.3 is 6.09 Å². The Kier molecular flexibility index (Phi) is 5.96. The first-order valence-corrected chi connectivity index (χ1v) is 11.2. The zero-order valence-corrected chi connectivity index (χ0v) is 19.6. The van der Waals surface area contributed by atoms with E-state index >= 15 is 0 Å². The van der Waals surface area contributed by atoms with Gasteiger partial charge in [-0.05, 0) is 45.8 Å². The lowest BCUT2D eigenvalue weighted by molar-refractivity contribution is 0.0270. The molecule has 0 radical (unpaired) electrons. The van der Waals surface area contributed by atoms with Crippen molar-refractivity contribution in [3.8, 4) is 0 Å². The molecule has 4 heterocycles. The van der Waals surface area contributed by atoms with E-state index < -0.39 is 29.2 Å². The summed E-state index contributed by atoms with van der Waals surface area (Å²) < 4.78 is 35.8. The maximum absolute atomic E-state index is 14.7. The van der Waals surface area contributed by atoms with Crippen LogP contribution in [0.3, 0.4) is 0 Å². The zero-order chi connectivity index (χ0) is 23.9. The average molecular weight is 475 g/mol. The number of aryl methyl sites for hydroxylation is 1. The molecule has 4 rings (SSSR count). The molecule has 1 aliphatic rings. The first-order valence-electron chi connectivity index (χ1n) is 10.4. The van der Waals surface area contributed by atoms with Crippen molar-refractivity contribution in [1.29, 1.82) is 0 Å². The molecule has 0 aliphatic carbocycles. The smallest absolute Gasteiger partial charge is 0.410 e. The molecular weight excluding hydrogens is 450 g/mol. The number of rotatable bonds is 3. The molecule has 1 N–H and O–H groups in total. The molecule has 0 saturated carbocycles. The average Bonchev–Trinajstić information content (AvgIpc) is 3.29. The molecule has 3 aromatic heterocycles. The van der Waals surface area contributed by atoms with Crippen LogP contribution in [0.5, 0.6) is 0 Å². The van der Waals surface area contributed by atoms with Crippen LogP contribution >= 0.6 is 11.3 Å². The Morgan fingerprint density at radius 2 is 1.94 bits per heavy atom. The van der Waals surface area contributed by atoms with E-state index in [-0.39, 0.29) is 16.2 Å². The van der Waals surface area contributed by atoms with Gasteiger partial charge in [-0.1, -0.05) is 6.08 Å². The number of nitrogens with one attached hydrogen (secondary N) is 1. The predicted octanol–water partition coefficient (Wildman–Crippen LogP) is 5.26. The van der Waals surface area contributed by atoms with Crippen LogP contribution in [-0.2, 0) is 4.74 Å². The molecule has 2 amide bonds. The number of aromatic nitrogens is 2. The Morgan fingerprint density at radius 1 is 1.18 bits per heavy atom. The predicted molar refractivity (Wildman–Crippen MR) is 123 cm³/mol. The van der Waals surface area contributed by atoms with Crippen molar-refractivity contribution in [2.45, 2.75) is 39.7 Å². The third-order valence-electron chi connectivity index (χ3n) is 4.95. The van der Waals surface area contributed by atoms with Crippen LogP contribution in [0.4, 0.5) is 19.3 Å². The summed E-state index contributed by atoms with van der Waals surface area (Å²) in [5.41, 5.74) is 1.20. The number of amides is 2. The molecule has 174 valence electrons. The minimum Gasteiger partial charge on any atom is -0.444 e. The highest BCUT2D eigenvalue weighted by atomic mass is 32.1. The Morgan fingerprint density at radius 3 is 2.61 bits per heavy atom. The topological polar surface area (TPSA) is 75.9 Å². The highest BCUT2D eigenvalue weighted by Crippen LogP contribution is 2.32. The summed E-state index contributed by atoms with van der Waals surface area (Å²) in [5, 5.41) is 2.61. The Labute approximate surface area is 193 Å². The van der Waals surface area contributed by atoms with Crippen LogP contribution in [0.25, 0.3) is 11.2 Å². The molecule has 0 saturated heterocycles. The SMILES string of the molecule is Cc1cn2cc(NC(=O)c3cc(F)c(C4=CCN(C(=O)OC(C)(C)C)CC4)s3)cc(F)c2n1. The van der Waals surface area contributed by atoms with Gasteiger partial charge < -0.3 is 19.4 Å². The quantitative estimate of drug-likeness (QED) is 0.562. The van der Waals surface area contributed by atoms with Gasteiger partial charge in [-0.3, -0.25) is 4.79 Å². The van der Waals surface area contributed by atoms with Crippen LogP contribution in [0, 0.1) is 18.6 Å². The molecule has 0 unspecified atom stereocenters. The Balaban J connectivity index is 1.47. The van der Waals surface area contributed by atoms with Gasteiger partial charge in [-0.2, -0.15) is 0 Å². The lowest BCUT2D eigenvalue weighted by atomic mass is 10.1. The number of fused-ring (bicyclic) bond motifs is 1. The first-order chi connectivity index (χ1) is 15.5. The van der Waals surface area contributed by atoms with Crippen LogP contribution < -0.4 is 5.32 Å². The summed E-state index contributed by atoms with van der Waals surface area (Å²) in [5.74, 6) is -1.61. The number of thiophene rings is 1. The van der Waals surface area contributed by atoms with Crippen molar-refractivity contribution in [3.05, 3.63) is 57.7 Å². The van der Waals surface area contributed by atoms with Gasteiger partial charge in [0.1, 0.15) is 11.4 Å². The van der Waals surface area contributed by atoms with Crippen LogP contribution in [0.2, 0.25) is 0 Å². The molecule has 0 atom stereocenters. The molecule has 0 aromatic carbocycles. The van der Waals surface area contributed by atoms with Gasteiger partial charge in [-0.25, -0.2) is 18.6 Å². The van der Waals surface area contributed by atoms with Crippen LogP contribution in [-0.4, -0.2) is 45.0 Å². The first kappa shape index (κ1) is 22.9. The molecule has 3 aromatic rings. The molecule has 0 bridgehead atoms. The summed E-state index contributed by atoms with van der Waals surface area (Å²) >= 11 is 1.02. The van der Waals surface area contributed by atoms with E-state index in [1.54, 1.807) is 51.1 Å². The number of ether oxygens (including phenoxy) is 1. The second-order valence-corrected chi connectivity index (χ2v) is 9.89. The van der Waals surface area contributed by atoms with Gasteiger partial charge in [0.15, 0.2) is 11.5 Å². The van der Waals surface area contributed by atoms with Gasteiger partial charge in [-0.15, -0.1) is 11.3 Å². The van der Waals surface area contributed by atoms with E-state index in [1.165, 1.54) is 16.5 Å². The Hall–Kier alpha value is -3.27. The number of nitrogens with zero attached hydrogens (tertiary/aromatic N) is 3. The lowest BCUT2D eigenvalue weighted by Gasteiger charge is -2.29. The zero-order valence-electron chi connectivity index (χ0n) is 18.7. The maximum atomic E-state index is 14.7. The number of carbonyl (C=O) groups is 2. The monoisotopic (exact) mass is 474 g/mol. The summed E-state index contributed by atoms with van der Waals surface area (Å²) in [7, 11) is 0. The van der Waals surface area contributed by atoms with Crippen molar-refractivity contribution >= 4 is 40.2 Å². The van der Waals surface area contributed by atoms with Gasteiger partial charge in [0.2, 0.25) is 0 Å². The number of anilines is 1. The fourth-order valence-corrected chi connectivity index (χ4v) is 4.51. The summed E-state index contributed by atoms with van der Waals surface area (Å²) in [6.07, 6.45) is 5.00. The maximum Gasteiger partial charge on any atom is 0.410 e. The second kappa shape index (κ2) is 8.58. The van der Waals surface area contributed by atoms with Crippen molar-refractivity contribution in [1.82, 2.24) is 14.3 Å². The highest BCUT2D eigenvalue weighted by molar-refractivity contribution is 7.15. The highest BCUT2D eigenvalue weighted by Gasteiger charge is 2.26. The third kappa shape index (κ3) is 5.05. The van der Waals surface area contributed by atoms with E-state index in [9.17, 15) is 18.4 Å². The van der Waals surface area contributed by atoms with E-state index in [0.29, 0.717) is 30.1 Å². The van der Waals surface area contributed by atoms with E-state index in [0.717, 1.165) is 16.9 Å². The standard InChI is InChI=1S/C23H24F2N4O3S/c1-13-11-29-12-15(9-17(25)20(29)26-13)27-21(30)18-10-16(24)19(33-18)14-5-7-28(8-6-14)22(31)32-23(2,3)4/h5,9-12H,6-8H2,1-4H3,(H,27,30). The molecule has 1 aliphatic heterocycles. The van der Waals surface area contributed by atoms with Crippen molar-refractivity contribution in [3.63, 3.8) is 0 Å². The second-order valence-electron chi connectivity index (χ2n) is 8.84. The van der Waals surface area contributed by atoms with Crippen molar-refractivity contribution < 1.29 is 23.1 Å². The van der Waals surface area contributed by atoms with Crippen LogP contribution in [0.1, 0.15) is 47.4 Å². The summed E-state index contributed by atoms with van der Waals surface area (Å²) in [6, 6.07) is 2.35. The molecule has 0 fully saturated rings. The van der Waals surface area contributed by atoms with Crippen molar-refractivity contribution in [2.75, 3.05) is 18.4 Å². The third-order valence-corrected chi connectivity index (χ3v) is 6.13. The number of pyridine rings is 1. The summed E-state index contributed by atoms with van der Waals surface area (Å²) in [4.78, 5) is 31.1. The number of hydrogen-bond acceptors (Lipinski definition) is 5. The number of hydrogen-bond donors (Lipinski definition) is 1. The van der Waals surface area contributed by atoms with E-state index in [1.807, 2.05) is 0 Å². The van der Waals surface area contributed by atoms with Gasteiger partial charge in [0, 0.05) is 31.5 Å². The van der Waals surface area contributed by atoms with Crippen molar-refractivity contribution in [2.24, 2.45) is 0 Å². The Bertz CT molecular complexity index is 1270. The molecule has 7 nitrogen and oxygen atoms in total. The van der Waals surface area contributed by atoms with Gasteiger partial charge in [0.05, 0.1) is 21.1 Å². The van der Waals surface area contributed by atoms with E-state index in [2.05, 4.69) is 10.3 Å². The molecule has 10 heteroatoms. The molecule has 0 spiro atoms.